The average molecular weight is 385 g/mol. The summed E-state index contributed by atoms with van der Waals surface area (Å²) in [6.45, 7) is 11.5. The lowest BCUT2D eigenvalue weighted by Crippen LogP contribution is -2.44. The minimum absolute atomic E-state index is 0.0849. The van der Waals surface area contributed by atoms with E-state index in [0.717, 1.165) is 37.9 Å². The predicted octanol–water partition coefficient (Wildman–Crippen LogP) is 3.07. The minimum Gasteiger partial charge on any atom is -0.496 e. The van der Waals surface area contributed by atoms with E-state index in [2.05, 4.69) is 23.4 Å². The molecule has 0 atom stereocenters. The Labute approximate surface area is 165 Å². The molecule has 0 spiro atoms. The van der Waals surface area contributed by atoms with Gasteiger partial charge in [-0.15, -0.1) is 0 Å². The molecule has 6 nitrogen and oxygen atoms in total. The number of hydrogen-bond acceptors (Lipinski definition) is 6. The van der Waals surface area contributed by atoms with E-state index >= 15 is 0 Å². The number of nitrogens with zero attached hydrogens (tertiary/aromatic N) is 2. The molecule has 27 heavy (non-hydrogen) atoms. The number of allylic oxidation sites excluding steroid dienone is 1. The van der Waals surface area contributed by atoms with Crippen molar-refractivity contribution in [3.8, 4) is 0 Å². The van der Waals surface area contributed by atoms with Gasteiger partial charge in [-0.05, 0) is 39.3 Å². The third kappa shape index (κ3) is 13.7. The number of carbonyl (C=O) groups is 1. The Morgan fingerprint density at radius 3 is 2.30 bits per heavy atom. The zero-order valence-corrected chi connectivity index (χ0v) is 17.5. The fourth-order valence-corrected chi connectivity index (χ4v) is 3.05. The predicted molar refractivity (Wildman–Crippen MR) is 109 cm³/mol. The standard InChI is InChI=1S/C21H40N2O4/c1-20(26-19-18-25-3)10-6-7-11-21(24)27-17-9-5-4-8-12-23-15-13-22(2)14-16-23/h1,4-19H2,2-3H3. The second kappa shape index (κ2) is 15.9. The zero-order valence-electron chi connectivity index (χ0n) is 17.5. The van der Waals surface area contributed by atoms with Crippen LogP contribution in [0.5, 0.6) is 0 Å². The highest BCUT2D eigenvalue weighted by atomic mass is 16.5. The Balaban J connectivity index is 1.83. The van der Waals surface area contributed by atoms with Crippen molar-refractivity contribution in [3.05, 3.63) is 12.3 Å². The Morgan fingerprint density at radius 1 is 0.852 bits per heavy atom. The van der Waals surface area contributed by atoms with Crippen molar-refractivity contribution in [2.24, 2.45) is 0 Å². The van der Waals surface area contributed by atoms with Crippen LogP contribution in [0.25, 0.3) is 0 Å². The molecule has 1 rings (SSSR count). The van der Waals surface area contributed by atoms with Crippen LogP contribution in [0, 0.1) is 0 Å². The van der Waals surface area contributed by atoms with Crippen molar-refractivity contribution in [3.63, 3.8) is 0 Å². The molecule has 0 amide bonds. The molecule has 0 aliphatic carbocycles. The second-order valence-electron chi connectivity index (χ2n) is 7.37. The summed E-state index contributed by atoms with van der Waals surface area (Å²) in [6.07, 6.45) is 7.55. The van der Waals surface area contributed by atoms with Gasteiger partial charge in [0.05, 0.1) is 19.0 Å². The first-order valence-electron chi connectivity index (χ1n) is 10.5. The molecule has 1 saturated heterocycles. The molecule has 0 aromatic heterocycles. The van der Waals surface area contributed by atoms with Gasteiger partial charge in [-0.1, -0.05) is 19.4 Å². The molecule has 158 valence electrons. The number of piperazine rings is 1. The molecule has 1 aliphatic rings. The van der Waals surface area contributed by atoms with Gasteiger partial charge in [0.15, 0.2) is 0 Å². The van der Waals surface area contributed by atoms with E-state index in [1.807, 2.05) is 0 Å². The Hall–Kier alpha value is -1.11. The van der Waals surface area contributed by atoms with Crippen molar-refractivity contribution in [1.82, 2.24) is 9.80 Å². The number of methoxy groups -OCH3 is 1. The lowest BCUT2D eigenvalue weighted by atomic mass is 10.1. The molecule has 0 unspecified atom stereocenters. The zero-order chi connectivity index (χ0) is 19.7. The first-order chi connectivity index (χ1) is 13.1. The molecule has 0 N–H and O–H groups in total. The van der Waals surface area contributed by atoms with Crippen LogP contribution in [0.4, 0.5) is 0 Å². The topological polar surface area (TPSA) is 51.2 Å². The second-order valence-corrected chi connectivity index (χ2v) is 7.37. The lowest BCUT2D eigenvalue weighted by molar-refractivity contribution is -0.143. The largest absolute Gasteiger partial charge is 0.496 e. The van der Waals surface area contributed by atoms with Crippen molar-refractivity contribution in [1.29, 1.82) is 0 Å². The molecule has 1 heterocycles. The summed E-state index contributed by atoms with van der Waals surface area (Å²) in [7, 11) is 3.83. The Bertz CT molecular complexity index is 396. The highest BCUT2D eigenvalue weighted by Crippen LogP contribution is 2.10. The van der Waals surface area contributed by atoms with Crippen LogP contribution in [0.3, 0.4) is 0 Å². The molecular weight excluding hydrogens is 344 g/mol. The van der Waals surface area contributed by atoms with Crippen LogP contribution in [0.1, 0.15) is 51.4 Å². The van der Waals surface area contributed by atoms with Gasteiger partial charge in [0.2, 0.25) is 0 Å². The average Bonchev–Trinajstić information content (AvgIpc) is 2.66. The minimum atomic E-state index is -0.0849. The van der Waals surface area contributed by atoms with Crippen molar-refractivity contribution < 1.29 is 19.0 Å². The maximum absolute atomic E-state index is 11.7. The van der Waals surface area contributed by atoms with E-state index in [1.165, 1.54) is 45.6 Å². The molecule has 6 heteroatoms. The van der Waals surface area contributed by atoms with Crippen molar-refractivity contribution in [2.45, 2.75) is 51.4 Å². The van der Waals surface area contributed by atoms with Crippen molar-refractivity contribution >= 4 is 5.97 Å². The summed E-state index contributed by atoms with van der Waals surface area (Å²) in [5.41, 5.74) is 0. The SMILES string of the molecule is C=C(CCCCC(=O)OCCCCCCN1CCN(C)CC1)OCCOC. The maximum atomic E-state index is 11.7. The first kappa shape index (κ1) is 23.9. The number of likely N-dealkylation sites (N-methyl/N-ethyl adjacent to an activating group) is 1. The van der Waals surface area contributed by atoms with Gasteiger partial charge in [0.25, 0.3) is 0 Å². The van der Waals surface area contributed by atoms with Crippen LogP contribution < -0.4 is 0 Å². The summed E-state index contributed by atoms with van der Waals surface area (Å²) in [4.78, 5) is 16.7. The highest BCUT2D eigenvalue weighted by molar-refractivity contribution is 5.69. The van der Waals surface area contributed by atoms with E-state index in [0.29, 0.717) is 26.2 Å². The van der Waals surface area contributed by atoms with Gasteiger partial charge in [0, 0.05) is 46.1 Å². The Kier molecular flexibility index (Phi) is 14.1. The lowest BCUT2D eigenvalue weighted by Gasteiger charge is -2.32. The highest BCUT2D eigenvalue weighted by Gasteiger charge is 2.12. The molecule has 1 fully saturated rings. The van der Waals surface area contributed by atoms with E-state index in [1.54, 1.807) is 7.11 Å². The van der Waals surface area contributed by atoms with Crippen LogP contribution in [-0.2, 0) is 19.0 Å². The quantitative estimate of drug-likeness (QED) is 0.232. The first-order valence-corrected chi connectivity index (χ1v) is 10.5. The molecule has 1 aliphatic heterocycles. The van der Waals surface area contributed by atoms with Gasteiger partial charge in [-0.2, -0.15) is 0 Å². The van der Waals surface area contributed by atoms with Crippen LogP contribution in [0.2, 0.25) is 0 Å². The summed E-state index contributed by atoms with van der Waals surface area (Å²) in [5, 5.41) is 0. The molecule has 0 radical (unpaired) electrons. The van der Waals surface area contributed by atoms with E-state index in [9.17, 15) is 4.79 Å². The van der Waals surface area contributed by atoms with E-state index < -0.39 is 0 Å². The van der Waals surface area contributed by atoms with Crippen molar-refractivity contribution in [2.75, 3.05) is 66.7 Å². The monoisotopic (exact) mass is 384 g/mol. The van der Waals surface area contributed by atoms with Gasteiger partial charge < -0.3 is 24.0 Å². The molecule has 0 bridgehead atoms. The van der Waals surface area contributed by atoms with Crippen LogP contribution in [0.15, 0.2) is 12.3 Å². The van der Waals surface area contributed by atoms with Gasteiger partial charge in [-0.3, -0.25) is 4.79 Å². The van der Waals surface area contributed by atoms with Crippen LogP contribution >= 0.6 is 0 Å². The molecular formula is C21H40N2O4. The number of hydrogen-bond donors (Lipinski definition) is 0. The number of esters is 1. The van der Waals surface area contributed by atoms with Crippen LogP contribution in [-0.4, -0.2) is 82.5 Å². The molecule has 0 aromatic carbocycles. The molecule has 0 aromatic rings. The maximum Gasteiger partial charge on any atom is 0.305 e. The summed E-state index contributed by atoms with van der Waals surface area (Å²) >= 11 is 0. The smallest absolute Gasteiger partial charge is 0.305 e. The fourth-order valence-electron chi connectivity index (χ4n) is 3.05. The third-order valence-electron chi connectivity index (χ3n) is 4.91. The van der Waals surface area contributed by atoms with E-state index in [4.69, 9.17) is 14.2 Å². The number of rotatable bonds is 16. The summed E-state index contributed by atoms with van der Waals surface area (Å²) in [6, 6.07) is 0. The Morgan fingerprint density at radius 2 is 1.56 bits per heavy atom. The number of unbranched alkanes of at least 4 members (excludes halogenated alkanes) is 4. The number of ether oxygens (including phenoxy) is 3. The molecule has 0 saturated carbocycles. The van der Waals surface area contributed by atoms with Gasteiger partial charge >= 0.3 is 5.97 Å². The summed E-state index contributed by atoms with van der Waals surface area (Å²) < 4.78 is 15.6. The summed E-state index contributed by atoms with van der Waals surface area (Å²) in [5.74, 6) is 0.676. The van der Waals surface area contributed by atoms with Gasteiger partial charge in [0.1, 0.15) is 6.61 Å². The normalized spacial score (nSPS) is 15.6. The number of carbonyl (C=O) groups excluding carboxylic acids is 1. The fraction of sp³-hybridized carbons (Fsp3) is 0.857. The van der Waals surface area contributed by atoms with Gasteiger partial charge in [-0.25, -0.2) is 0 Å². The third-order valence-corrected chi connectivity index (χ3v) is 4.91. The van der Waals surface area contributed by atoms with E-state index in [-0.39, 0.29) is 5.97 Å².